The van der Waals surface area contributed by atoms with Crippen LogP contribution in [0.25, 0.3) is 11.3 Å². The van der Waals surface area contributed by atoms with E-state index in [9.17, 15) is 13.2 Å². The normalized spacial score (nSPS) is 16.4. The highest BCUT2D eigenvalue weighted by Gasteiger charge is 2.23. The summed E-state index contributed by atoms with van der Waals surface area (Å²) in [7, 11) is -3.65. The van der Waals surface area contributed by atoms with Crippen molar-refractivity contribution in [3.05, 3.63) is 65.9 Å². The fourth-order valence-electron chi connectivity index (χ4n) is 3.43. The first-order chi connectivity index (χ1) is 14.9. The van der Waals surface area contributed by atoms with Gasteiger partial charge >= 0.3 is 0 Å². The lowest BCUT2D eigenvalue weighted by Crippen LogP contribution is -2.31. The van der Waals surface area contributed by atoms with Gasteiger partial charge in [-0.3, -0.25) is 4.79 Å². The van der Waals surface area contributed by atoms with Gasteiger partial charge in [-0.2, -0.15) is 0 Å². The second-order valence-electron chi connectivity index (χ2n) is 7.29. The van der Waals surface area contributed by atoms with Crippen molar-refractivity contribution in [3.63, 3.8) is 0 Å². The van der Waals surface area contributed by atoms with Crippen LogP contribution in [0.5, 0.6) is 0 Å². The maximum absolute atomic E-state index is 12.9. The van der Waals surface area contributed by atoms with E-state index in [0.29, 0.717) is 29.3 Å². The average Bonchev–Trinajstić information content (AvgIpc) is 3.43. The quantitative estimate of drug-likeness (QED) is 0.582. The largest absolute Gasteiger partial charge is 0.377 e. The van der Waals surface area contributed by atoms with Gasteiger partial charge in [0, 0.05) is 24.4 Å². The lowest BCUT2D eigenvalue weighted by Gasteiger charge is -2.12. The topological polar surface area (TPSA) is 111 Å². The SMILES string of the molecule is Cc1onc(-c2ccccc2)c1C(=O)Nc1ccc(S(=O)(=O)NC[C@H]2CCCO2)cc1. The molecule has 0 saturated carbocycles. The Labute approximate surface area is 180 Å². The number of aryl methyl sites for hydroxylation is 1. The first kappa shape index (κ1) is 21.2. The fraction of sp³-hybridized carbons (Fsp3) is 0.273. The number of carbonyl (C=O) groups is 1. The molecule has 1 aliphatic rings. The van der Waals surface area contributed by atoms with E-state index in [4.69, 9.17) is 9.26 Å². The monoisotopic (exact) mass is 441 g/mol. The number of nitrogens with zero attached hydrogens (tertiary/aromatic N) is 1. The number of nitrogens with one attached hydrogen (secondary N) is 2. The van der Waals surface area contributed by atoms with Crippen molar-refractivity contribution in [1.29, 1.82) is 0 Å². The molecule has 0 spiro atoms. The molecule has 1 saturated heterocycles. The molecule has 3 aromatic rings. The number of hydrogen-bond acceptors (Lipinski definition) is 6. The van der Waals surface area contributed by atoms with E-state index >= 15 is 0 Å². The molecule has 0 aliphatic carbocycles. The minimum atomic E-state index is -3.65. The zero-order valence-corrected chi connectivity index (χ0v) is 17.8. The maximum Gasteiger partial charge on any atom is 0.261 e. The summed E-state index contributed by atoms with van der Waals surface area (Å²) in [6.45, 7) is 2.58. The third-order valence-corrected chi connectivity index (χ3v) is 6.52. The molecule has 1 amide bonds. The second kappa shape index (κ2) is 9.01. The molecule has 1 fully saturated rings. The van der Waals surface area contributed by atoms with Crippen LogP contribution in [0.3, 0.4) is 0 Å². The third kappa shape index (κ3) is 4.84. The minimum Gasteiger partial charge on any atom is -0.377 e. The Balaban J connectivity index is 1.46. The van der Waals surface area contributed by atoms with Gasteiger partial charge in [0.15, 0.2) is 0 Å². The molecule has 31 heavy (non-hydrogen) atoms. The molecule has 1 atom stereocenters. The van der Waals surface area contributed by atoms with Crippen LogP contribution in [0, 0.1) is 6.92 Å². The van der Waals surface area contributed by atoms with Crippen molar-refractivity contribution < 1.29 is 22.5 Å². The molecule has 0 unspecified atom stereocenters. The number of carbonyl (C=O) groups excluding carboxylic acids is 1. The van der Waals surface area contributed by atoms with Crippen LogP contribution in [0.15, 0.2) is 64.0 Å². The summed E-state index contributed by atoms with van der Waals surface area (Å²) in [5.74, 6) is 0.0126. The van der Waals surface area contributed by atoms with Gasteiger partial charge < -0.3 is 14.6 Å². The first-order valence-corrected chi connectivity index (χ1v) is 11.5. The van der Waals surface area contributed by atoms with Crippen molar-refractivity contribution >= 4 is 21.6 Å². The van der Waals surface area contributed by atoms with Crippen LogP contribution in [0.2, 0.25) is 0 Å². The van der Waals surface area contributed by atoms with Gasteiger partial charge in [-0.25, -0.2) is 13.1 Å². The minimum absolute atomic E-state index is 0.0843. The summed E-state index contributed by atoms with van der Waals surface area (Å²) in [5, 5.41) is 6.79. The number of sulfonamides is 1. The highest BCUT2D eigenvalue weighted by atomic mass is 32.2. The Morgan fingerprint density at radius 1 is 1.13 bits per heavy atom. The number of ether oxygens (including phenoxy) is 1. The summed E-state index contributed by atoms with van der Waals surface area (Å²) in [6, 6.07) is 15.3. The van der Waals surface area contributed by atoms with Crippen molar-refractivity contribution in [2.75, 3.05) is 18.5 Å². The highest BCUT2D eigenvalue weighted by Crippen LogP contribution is 2.26. The summed E-state index contributed by atoms with van der Waals surface area (Å²) in [6.07, 6.45) is 1.71. The Morgan fingerprint density at radius 3 is 2.55 bits per heavy atom. The van der Waals surface area contributed by atoms with Crippen LogP contribution < -0.4 is 10.0 Å². The molecule has 162 valence electrons. The molecule has 2 aromatic carbocycles. The van der Waals surface area contributed by atoms with Crippen LogP contribution in [-0.2, 0) is 14.8 Å². The number of amides is 1. The average molecular weight is 442 g/mol. The fourth-order valence-corrected chi connectivity index (χ4v) is 4.50. The Morgan fingerprint density at radius 2 is 1.87 bits per heavy atom. The second-order valence-corrected chi connectivity index (χ2v) is 9.06. The van der Waals surface area contributed by atoms with Crippen molar-refractivity contribution in [2.45, 2.75) is 30.8 Å². The van der Waals surface area contributed by atoms with Crippen LogP contribution in [0.1, 0.15) is 29.0 Å². The third-order valence-electron chi connectivity index (χ3n) is 5.08. The van der Waals surface area contributed by atoms with Crippen molar-refractivity contribution in [1.82, 2.24) is 9.88 Å². The van der Waals surface area contributed by atoms with Crippen LogP contribution in [0.4, 0.5) is 5.69 Å². The van der Waals surface area contributed by atoms with E-state index in [1.807, 2.05) is 30.3 Å². The summed E-state index contributed by atoms with van der Waals surface area (Å²) < 4.78 is 38.2. The Bertz CT molecular complexity index is 1150. The molecule has 0 radical (unpaired) electrons. The van der Waals surface area contributed by atoms with E-state index in [1.165, 1.54) is 12.1 Å². The van der Waals surface area contributed by atoms with E-state index in [-0.39, 0.29) is 23.5 Å². The molecule has 1 aliphatic heterocycles. The number of rotatable bonds is 7. The van der Waals surface area contributed by atoms with E-state index in [2.05, 4.69) is 15.2 Å². The van der Waals surface area contributed by atoms with E-state index in [1.54, 1.807) is 19.1 Å². The van der Waals surface area contributed by atoms with Gasteiger partial charge in [0.2, 0.25) is 10.0 Å². The van der Waals surface area contributed by atoms with Gasteiger partial charge in [0.05, 0.1) is 11.0 Å². The predicted molar refractivity (Wildman–Crippen MR) is 115 cm³/mol. The Kier molecular flexibility index (Phi) is 6.17. The van der Waals surface area contributed by atoms with Crippen molar-refractivity contribution in [3.8, 4) is 11.3 Å². The standard InChI is InChI=1S/C22H23N3O5S/c1-15-20(21(25-30-15)16-6-3-2-4-7-16)22(26)24-17-9-11-19(12-10-17)31(27,28)23-14-18-8-5-13-29-18/h2-4,6-7,9-12,18,23H,5,8,13-14H2,1H3,(H,24,26)/t18-/m1/s1. The molecular weight excluding hydrogens is 418 g/mol. The molecule has 2 N–H and O–H groups in total. The smallest absolute Gasteiger partial charge is 0.261 e. The van der Waals surface area contributed by atoms with Gasteiger partial charge in [0.1, 0.15) is 17.0 Å². The van der Waals surface area contributed by atoms with Gasteiger partial charge in [-0.05, 0) is 44.0 Å². The lowest BCUT2D eigenvalue weighted by molar-refractivity contribution is 0.102. The van der Waals surface area contributed by atoms with Crippen LogP contribution in [-0.4, -0.2) is 38.7 Å². The molecule has 4 rings (SSSR count). The highest BCUT2D eigenvalue weighted by molar-refractivity contribution is 7.89. The predicted octanol–water partition coefficient (Wildman–Crippen LogP) is 3.36. The summed E-state index contributed by atoms with van der Waals surface area (Å²) in [5.41, 5.74) is 2.01. The van der Waals surface area contributed by atoms with E-state index in [0.717, 1.165) is 18.4 Å². The number of anilines is 1. The zero-order valence-electron chi connectivity index (χ0n) is 17.0. The van der Waals surface area contributed by atoms with Gasteiger partial charge in [-0.1, -0.05) is 35.5 Å². The first-order valence-electron chi connectivity index (χ1n) is 9.98. The number of aromatic nitrogens is 1. The number of benzene rings is 2. The molecule has 0 bridgehead atoms. The lowest BCUT2D eigenvalue weighted by atomic mass is 10.1. The Hall–Kier alpha value is -3.01. The van der Waals surface area contributed by atoms with E-state index < -0.39 is 10.0 Å². The van der Waals surface area contributed by atoms with Crippen LogP contribution >= 0.6 is 0 Å². The molecule has 1 aromatic heterocycles. The van der Waals surface area contributed by atoms with Crippen molar-refractivity contribution in [2.24, 2.45) is 0 Å². The van der Waals surface area contributed by atoms with Gasteiger partial charge in [-0.15, -0.1) is 0 Å². The number of hydrogen-bond donors (Lipinski definition) is 2. The summed E-state index contributed by atoms with van der Waals surface area (Å²) in [4.78, 5) is 13.0. The zero-order chi connectivity index (χ0) is 21.8. The molecule has 9 heteroatoms. The maximum atomic E-state index is 12.9. The summed E-state index contributed by atoms with van der Waals surface area (Å²) >= 11 is 0. The molecule has 2 heterocycles. The molecular formula is C22H23N3O5S. The molecule has 8 nitrogen and oxygen atoms in total. The van der Waals surface area contributed by atoms with Gasteiger partial charge in [0.25, 0.3) is 5.91 Å².